The Balaban J connectivity index is 1.81. The summed E-state index contributed by atoms with van der Waals surface area (Å²) in [5.74, 6) is 0.146. The number of aliphatic hydroxyl groups is 1. The van der Waals surface area contributed by atoms with Crippen LogP contribution >= 0.6 is 0 Å². The summed E-state index contributed by atoms with van der Waals surface area (Å²) < 4.78 is 0. The second kappa shape index (κ2) is 8.47. The van der Waals surface area contributed by atoms with Gasteiger partial charge in [-0.05, 0) is 31.2 Å². The highest BCUT2D eigenvalue weighted by Crippen LogP contribution is 2.18. The van der Waals surface area contributed by atoms with Gasteiger partial charge in [-0.2, -0.15) is 0 Å². The van der Waals surface area contributed by atoms with Crippen LogP contribution in [0.25, 0.3) is 0 Å². The van der Waals surface area contributed by atoms with Crippen molar-refractivity contribution in [3.63, 3.8) is 0 Å². The highest BCUT2D eigenvalue weighted by atomic mass is 16.3. The number of carbonyl (C=O) groups excluding carboxylic acids is 1. The van der Waals surface area contributed by atoms with Gasteiger partial charge in [0.05, 0.1) is 0 Å². The van der Waals surface area contributed by atoms with Crippen molar-refractivity contribution in [1.29, 1.82) is 0 Å². The molecule has 4 heteroatoms. The van der Waals surface area contributed by atoms with Crippen molar-refractivity contribution < 1.29 is 9.90 Å². The van der Waals surface area contributed by atoms with Crippen molar-refractivity contribution in [2.45, 2.75) is 37.6 Å². The third-order valence-corrected chi connectivity index (χ3v) is 3.86. The van der Waals surface area contributed by atoms with E-state index in [9.17, 15) is 9.90 Å². The summed E-state index contributed by atoms with van der Waals surface area (Å²) in [5, 5.41) is 15.1. The van der Waals surface area contributed by atoms with Gasteiger partial charge in [-0.3, -0.25) is 0 Å². The molecule has 0 aliphatic heterocycles. The quantitative estimate of drug-likeness (QED) is 0.705. The number of carbonyl (C=O) groups is 1. The zero-order chi connectivity index (χ0) is 14.9. The molecular weight excluding hydrogens is 264 g/mol. The van der Waals surface area contributed by atoms with Crippen LogP contribution in [0.3, 0.4) is 0 Å². The Morgan fingerprint density at radius 2 is 2.10 bits per heavy atom. The fraction of sp³-hybridized carbons (Fsp3) is 0.471. The van der Waals surface area contributed by atoms with Crippen LogP contribution in [0.1, 0.15) is 37.2 Å². The van der Waals surface area contributed by atoms with Crippen molar-refractivity contribution >= 4 is 6.03 Å². The molecule has 2 atom stereocenters. The Morgan fingerprint density at radius 1 is 1.29 bits per heavy atom. The molecule has 0 spiro atoms. The van der Waals surface area contributed by atoms with E-state index >= 15 is 0 Å². The lowest BCUT2D eigenvalue weighted by Crippen LogP contribution is -2.43. The molecule has 3 N–H and O–H groups in total. The van der Waals surface area contributed by atoms with Crippen LogP contribution < -0.4 is 10.6 Å². The monoisotopic (exact) mass is 288 g/mol. The molecule has 2 rings (SSSR count). The fourth-order valence-corrected chi connectivity index (χ4v) is 2.64. The van der Waals surface area contributed by atoms with Crippen LogP contribution in [0.4, 0.5) is 4.79 Å². The molecule has 0 saturated heterocycles. The molecule has 2 amide bonds. The average molecular weight is 288 g/mol. The van der Waals surface area contributed by atoms with Gasteiger partial charge in [-0.15, -0.1) is 0 Å². The van der Waals surface area contributed by atoms with E-state index in [1.54, 1.807) is 0 Å². The molecule has 1 aliphatic rings. The first kappa shape index (κ1) is 15.6. The van der Waals surface area contributed by atoms with Crippen LogP contribution in [0.15, 0.2) is 42.5 Å². The second-order valence-corrected chi connectivity index (χ2v) is 5.46. The number of amides is 2. The van der Waals surface area contributed by atoms with E-state index in [-0.39, 0.29) is 24.6 Å². The maximum absolute atomic E-state index is 11.9. The van der Waals surface area contributed by atoms with Gasteiger partial charge in [-0.1, -0.05) is 42.5 Å². The summed E-state index contributed by atoms with van der Waals surface area (Å²) in [6.45, 7) is 0.662. The third kappa shape index (κ3) is 5.23. The molecule has 0 bridgehead atoms. The molecule has 1 aromatic rings. The highest BCUT2D eigenvalue weighted by Gasteiger charge is 2.15. The van der Waals surface area contributed by atoms with E-state index in [1.165, 1.54) is 0 Å². The van der Waals surface area contributed by atoms with E-state index in [1.807, 2.05) is 30.3 Å². The summed E-state index contributed by atoms with van der Waals surface area (Å²) in [4.78, 5) is 11.9. The number of aliphatic hydroxyl groups excluding tert-OH is 1. The summed E-state index contributed by atoms with van der Waals surface area (Å²) in [5.41, 5.74) is 1.15. The summed E-state index contributed by atoms with van der Waals surface area (Å²) in [7, 11) is 0. The van der Waals surface area contributed by atoms with Gasteiger partial charge < -0.3 is 15.7 Å². The molecule has 1 aromatic carbocycles. The van der Waals surface area contributed by atoms with Crippen LogP contribution in [-0.4, -0.2) is 30.3 Å². The van der Waals surface area contributed by atoms with Crippen LogP contribution in [-0.2, 0) is 0 Å². The third-order valence-electron chi connectivity index (χ3n) is 3.86. The summed E-state index contributed by atoms with van der Waals surface area (Å²) >= 11 is 0. The summed E-state index contributed by atoms with van der Waals surface area (Å²) in [6.07, 6.45) is 7.86. The average Bonchev–Trinajstić information content (AvgIpc) is 2.53. The molecule has 0 aromatic heterocycles. The van der Waals surface area contributed by atoms with Gasteiger partial charge in [0, 0.05) is 25.1 Å². The number of nitrogens with one attached hydrogen (secondary N) is 2. The van der Waals surface area contributed by atoms with Gasteiger partial charge in [0.2, 0.25) is 0 Å². The Hall–Kier alpha value is -1.81. The normalized spacial score (nSPS) is 19.0. The van der Waals surface area contributed by atoms with Crippen molar-refractivity contribution in [3.8, 4) is 0 Å². The van der Waals surface area contributed by atoms with Gasteiger partial charge in [0.1, 0.15) is 0 Å². The second-order valence-electron chi connectivity index (χ2n) is 5.46. The molecular formula is C17H24N2O2. The van der Waals surface area contributed by atoms with E-state index in [0.717, 1.165) is 24.8 Å². The number of hydrogen-bond donors (Lipinski definition) is 3. The molecule has 21 heavy (non-hydrogen) atoms. The maximum Gasteiger partial charge on any atom is 0.315 e. The van der Waals surface area contributed by atoms with Crippen LogP contribution in [0.2, 0.25) is 0 Å². The lowest BCUT2D eigenvalue weighted by molar-refractivity contribution is 0.233. The zero-order valence-electron chi connectivity index (χ0n) is 12.3. The largest absolute Gasteiger partial charge is 0.396 e. The standard InChI is InChI=1S/C17H24N2O2/c20-12-11-15(14-7-3-1-4-8-14)13-18-17(21)19-16-9-5-2-6-10-16/h1-5,7-8,15-16,20H,6,9-13H2,(H2,18,19,21). The lowest BCUT2D eigenvalue weighted by atomic mass is 9.96. The zero-order valence-corrected chi connectivity index (χ0v) is 12.3. The number of hydrogen-bond acceptors (Lipinski definition) is 2. The molecule has 0 radical (unpaired) electrons. The minimum absolute atomic E-state index is 0.117. The van der Waals surface area contributed by atoms with Crippen molar-refractivity contribution in [3.05, 3.63) is 48.0 Å². The molecule has 0 saturated carbocycles. The molecule has 0 heterocycles. The Kier molecular flexibility index (Phi) is 6.28. The topological polar surface area (TPSA) is 61.4 Å². The molecule has 4 nitrogen and oxygen atoms in total. The van der Waals surface area contributed by atoms with E-state index in [2.05, 4.69) is 22.8 Å². The van der Waals surface area contributed by atoms with E-state index in [4.69, 9.17) is 0 Å². The lowest BCUT2D eigenvalue weighted by Gasteiger charge is -2.21. The van der Waals surface area contributed by atoms with Crippen molar-refractivity contribution in [1.82, 2.24) is 10.6 Å². The Labute approximate surface area is 126 Å². The smallest absolute Gasteiger partial charge is 0.315 e. The van der Waals surface area contributed by atoms with Crippen molar-refractivity contribution in [2.75, 3.05) is 13.2 Å². The number of urea groups is 1. The van der Waals surface area contributed by atoms with E-state index in [0.29, 0.717) is 13.0 Å². The number of rotatable bonds is 6. The first-order chi connectivity index (χ1) is 10.3. The number of benzene rings is 1. The minimum Gasteiger partial charge on any atom is -0.396 e. The highest BCUT2D eigenvalue weighted by molar-refractivity contribution is 5.74. The molecule has 114 valence electrons. The first-order valence-electron chi connectivity index (χ1n) is 7.64. The van der Waals surface area contributed by atoms with Gasteiger partial charge in [0.15, 0.2) is 0 Å². The molecule has 1 aliphatic carbocycles. The SMILES string of the molecule is O=C(NCC(CCO)c1ccccc1)NC1CC=CCC1. The first-order valence-corrected chi connectivity index (χ1v) is 7.64. The van der Waals surface area contributed by atoms with Gasteiger partial charge in [0.25, 0.3) is 0 Å². The predicted octanol–water partition coefficient (Wildman–Crippen LogP) is 2.56. The van der Waals surface area contributed by atoms with E-state index < -0.39 is 0 Å². The fourth-order valence-electron chi connectivity index (χ4n) is 2.64. The van der Waals surface area contributed by atoms with Gasteiger partial charge >= 0.3 is 6.03 Å². The number of allylic oxidation sites excluding steroid dienone is 1. The molecule has 2 unspecified atom stereocenters. The molecule has 0 fully saturated rings. The van der Waals surface area contributed by atoms with Crippen molar-refractivity contribution in [2.24, 2.45) is 0 Å². The summed E-state index contributed by atoms with van der Waals surface area (Å²) in [6, 6.07) is 10.1. The van der Waals surface area contributed by atoms with Gasteiger partial charge in [-0.25, -0.2) is 4.79 Å². The Bertz CT molecular complexity index is 459. The Morgan fingerprint density at radius 3 is 2.76 bits per heavy atom. The maximum atomic E-state index is 11.9. The van der Waals surface area contributed by atoms with Crippen LogP contribution in [0.5, 0.6) is 0 Å². The minimum atomic E-state index is -0.117. The predicted molar refractivity (Wildman–Crippen MR) is 84.2 cm³/mol. The van der Waals surface area contributed by atoms with Crippen LogP contribution in [0, 0.1) is 0 Å².